The highest BCUT2D eigenvalue weighted by molar-refractivity contribution is 9.10. The Balaban J connectivity index is 1.44. The maximum absolute atomic E-state index is 3.67. The van der Waals surface area contributed by atoms with Gasteiger partial charge in [-0.05, 0) is 81.9 Å². The second-order valence-electron chi connectivity index (χ2n) is 10.00. The van der Waals surface area contributed by atoms with E-state index in [1.54, 1.807) is 0 Å². The van der Waals surface area contributed by atoms with Crippen molar-refractivity contribution in [1.29, 1.82) is 0 Å². The van der Waals surface area contributed by atoms with Crippen molar-refractivity contribution in [2.45, 2.75) is 19.3 Å². The normalized spacial score (nSPS) is 13.8. The summed E-state index contributed by atoms with van der Waals surface area (Å²) in [6.07, 6.45) is 0. The molecule has 0 aliphatic heterocycles. The predicted molar refractivity (Wildman–Crippen MR) is 151 cm³/mol. The third-order valence-electron chi connectivity index (χ3n) is 7.66. The minimum Gasteiger partial charge on any atom is -0.309 e. The van der Waals surface area contributed by atoms with Gasteiger partial charge >= 0.3 is 0 Å². The van der Waals surface area contributed by atoms with Crippen LogP contribution in [0.3, 0.4) is 0 Å². The van der Waals surface area contributed by atoms with Crippen LogP contribution in [0.15, 0.2) is 114 Å². The molecule has 2 heteroatoms. The molecule has 0 radical (unpaired) electrons. The van der Waals surface area contributed by atoms with E-state index in [2.05, 4.69) is 144 Å². The fraction of sp³-hybridized carbons (Fsp3) is 0.0909. The molecule has 7 rings (SSSR count). The Morgan fingerprint density at radius 3 is 2.14 bits per heavy atom. The fourth-order valence-corrected chi connectivity index (χ4v) is 6.27. The van der Waals surface area contributed by atoms with E-state index >= 15 is 0 Å². The van der Waals surface area contributed by atoms with Gasteiger partial charge in [-0.3, -0.25) is 0 Å². The third-order valence-corrected chi connectivity index (χ3v) is 8.15. The minimum atomic E-state index is 0.0000364. The van der Waals surface area contributed by atoms with Gasteiger partial charge < -0.3 is 4.57 Å². The topological polar surface area (TPSA) is 4.93 Å². The number of benzene rings is 5. The van der Waals surface area contributed by atoms with Crippen LogP contribution in [-0.4, -0.2) is 4.57 Å². The second kappa shape index (κ2) is 7.44. The van der Waals surface area contributed by atoms with Crippen LogP contribution in [0.5, 0.6) is 0 Å². The second-order valence-corrected chi connectivity index (χ2v) is 10.9. The summed E-state index contributed by atoms with van der Waals surface area (Å²) in [4.78, 5) is 0. The van der Waals surface area contributed by atoms with Crippen LogP contribution < -0.4 is 0 Å². The summed E-state index contributed by atoms with van der Waals surface area (Å²) in [5.41, 5.74) is 11.7. The van der Waals surface area contributed by atoms with Gasteiger partial charge in [-0.15, -0.1) is 0 Å². The predicted octanol–water partition coefficient (Wildman–Crippen LogP) is 9.52. The van der Waals surface area contributed by atoms with E-state index in [9.17, 15) is 0 Å². The molecule has 0 atom stereocenters. The molecular formula is C33H24BrN. The van der Waals surface area contributed by atoms with Crippen LogP contribution >= 0.6 is 15.9 Å². The molecular weight excluding hydrogens is 490 g/mol. The maximum atomic E-state index is 3.67. The van der Waals surface area contributed by atoms with Gasteiger partial charge in [0.2, 0.25) is 0 Å². The maximum Gasteiger partial charge on any atom is 0.0541 e. The molecule has 0 amide bonds. The molecule has 0 saturated carbocycles. The molecule has 0 spiro atoms. The molecule has 6 aromatic rings. The molecule has 1 aliphatic carbocycles. The smallest absolute Gasteiger partial charge is 0.0541 e. The summed E-state index contributed by atoms with van der Waals surface area (Å²) < 4.78 is 3.51. The number of halogens is 1. The van der Waals surface area contributed by atoms with Crippen molar-refractivity contribution < 1.29 is 0 Å². The van der Waals surface area contributed by atoms with Crippen molar-refractivity contribution in [3.8, 4) is 27.9 Å². The summed E-state index contributed by atoms with van der Waals surface area (Å²) in [6.45, 7) is 4.66. The van der Waals surface area contributed by atoms with Crippen molar-refractivity contribution in [2.24, 2.45) is 0 Å². The van der Waals surface area contributed by atoms with Crippen molar-refractivity contribution >= 4 is 37.7 Å². The van der Waals surface area contributed by atoms with Crippen molar-refractivity contribution in [3.05, 3.63) is 125 Å². The number of para-hydroxylation sites is 2. The van der Waals surface area contributed by atoms with Gasteiger partial charge in [-0.1, -0.05) is 90.4 Å². The van der Waals surface area contributed by atoms with Crippen LogP contribution in [0.25, 0.3) is 49.7 Å². The molecule has 1 heterocycles. The summed E-state index contributed by atoms with van der Waals surface area (Å²) in [5, 5.41) is 2.57. The highest BCUT2D eigenvalue weighted by Crippen LogP contribution is 2.50. The van der Waals surface area contributed by atoms with Gasteiger partial charge in [0.1, 0.15) is 0 Å². The van der Waals surface area contributed by atoms with E-state index < -0.39 is 0 Å². The lowest BCUT2D eigenvalue weighted by Gasteiger charge is -2.21. The monoisotopic (exact) mass is 513 g/mol. The Kier molecular flexibility index (Phi) is 4.40. The summed E-state index contributed by atoms with van der Waals surface area (Å²) in [7, 11) is 0. The Morgan fingerprint density at radius 2 is 1.29 bits per heavy atom. The van der Waals surface area contributed by atoms with Crippen molar-refractivity contribution in [3.63, 3.8) is 0 Å². The molecule has 0 bridgehead atoms. The highest BCUT2D eigenvalue weighted by Gasteiger charge is 2.35. The molecule has 35 heavy (non-hydrogen) atoms. The number of hydrogen-bond acceptors (Lipinski definition) is 0. The minimum absolute atomic E-state index is 0.0000364. The summed E-state index contributed by atoms with van der Waals surface area (Å²) in [5.74, 6) is 0. The van der Waals surface area contributed by atoms with Gasteiger partial charge in [0.05, 0.1) is 11.0 Å². The average Bonchev–Trinajstić information content (AvgIpc) is 3.33. The van der Waals surface area contributed by atoms with E-state index in [4.69, 9.17) is 0 Å². The fourth-order valence-electron chi connectivity index (χ4n) is 5.91. The van der Waals surface area contributed by atoms with E-state index in [0.29, 0.717) is 0 Å². The van der Waals surface area contributed by atoms with Crippen LogP contribution in [0.2, 0.25) is 0 Å². The Morgan fingerprint density at radius 1 is 0.571 bits per heavy atom. The average molecular weight is 514 g/mol. The Hall–Kier alpha value is -3.62. The molecule has 0 unspecified atom stereocenters. The van der Waals surface area contributed by atoms with Gasteiger partial charge in [0.15, 0.2) is 0 Å². The number of fused-ring (bicyclic) bond motifs is 6. The lowest BCUT2D eigenvalue weighted by molar-refractivity contribution is 0.660. The summed E-state index contributed by atoms with van der Waals surface area (Å²) in [6, 6.07) is 39.9. The first kappa shape index (κ1) is 20.7. The largest absolute Gasteiger partial charge is 0.309 e. The van der Waals surface area contributed by atoms with E-state index in [-0.39, 0.29) is 5.41 Å². The SMILES string of the molecule is CC1(C)c2ccc(-c3ccc4c(c3)c3ccccc3n4-c3ccccc3)cc2-c2ccc(Br)cc21. The van der Waals surface area contributed by atoms with Crippen molar-refractivity contribution in [2.75, 3.05) is 0 Å². The third kappa shape index (κ3) is 3.00. The molecule has 0 N–H and O–H groups in total. The molecule has 5 aromatic carbocycles. The zero-order valence-corrected chi connectivity index (χ0v) is 21.3. The van der Waals surface area contributed by atoms with Gasteiger partial charge in [-0.2, -0.15) is 0 Å². The number of hydrogen-bond donors (Lipinski definition) is 0. The number of nitrogens with zero attached hydrogens (tertiary/aromatic N) is 1. The zero-order chi connectivity index (χ0) is 23.7. The number of rotatable bonds is 2. The van der Waals surface area contributed by atoms with Crippen LogP contribution in [-0.2, 0) is 5.41 Å². The van der Waals surface area contributed by atoms with Gasteiger partial charge in [0.25, 0.3) is 0 Å². The molecule has 1 nitrogen and oxygen atoms in total. The zero-order valence-electron chi connectivity index (χ0n) is 19.7. The van der Waals surface area contributed by atoms with Crippen LogP contribution in [0, 0.1) is 0 Å². The van der Waals surface area contributed by atoms with Crippen molar-refractivity contribution in [1.82, 2.24) is 4.57 Å². The Labute approximate surface area is 213 Å². The summed E-state index contributed by atoms with van der Waals surface area (Å²) >= 11 is 3.67. The molecule has 0 saturated heterocycles. The lowest BCUT2D eigenvalue weighted by Crippen LogP contribution is -2.14. The van der Waals surface area contributed by atoms with Crippen LogP contribution in [0.4, 0.5) is 0 Å². The number of aromatic nitrogens is 1. The quantitative estimate of drug-likeness (QED) is 0.217. The van der Waals surface area contributed by atoms with Gasteiger partial charge in [-0.25, -0.2) is 0 Å². The van der Waals surface area contributed by atoms with E-state index in [1.165, 1.54) is 60.9 Å². The lowest BCUT2D eigenvalue weighted by atomic mass is 9.82. The first-order valence-corrected chi connectivity index (χ1v) is 12.9. The highest BCUT2D eigenvalue weighted by atomic mass is 79.9. The molecule has 1 aliphatic rings. The van der Waals surface area contributed by atoms with Crippen LogP contribution in [0.1, 0.15) is 25.0 Å². The first-order chi connectivity index (χ1) is 17.0. The Bertz CT molecular complexity index is 1770. The standard InChI is InChI=1S/C33H24BrN/c1-33(2)29-16-12-21(18-27(29)25-15-14-23(34)20-30(25)33)22-13-17-32-28(19-22)26-10-6-7-11-31(26)35(32)24-8-4-3-5-9-24/h3-20H,1-2H3. The first-order valence-electron chi connectivity index (χ1n) is 12.1. The van der Waals surface area contributed by atoms with E-state index in [1.807, 2.05) is 0 Å². The molecule has 168 valence electrons. The van der Waals surface area contributed by atoms with E-state index in [0.717, 1.165) is 4.47 Å². The molecule has 1 aromatic heterocycles. The molecule has 0 fully saturated rings. The van der Waals surface area contributed by atoms with Gasteiger partial charge in [0, 0.05) is 26.3 Å².